The van der Waals surface area contributed by atoms with Gasteiger partial charge in [0.15, 0.2) is 0 Å². The van der Waals surface area contributed by atoms with E-state index in [1.807, 2.05) is 11.7 Å². The molecule has 3 N–H and O–H groups in total. The zero-order chi connectivity index (χ0) is 10.6. The average molecular weight is 213 g/mol. The fourth-order valence-corrected chi connectivity index (χ4v) is 2.00. The Kier molecular flexibility index (Phi) is 4.04. The number of aromatic nitrogens is 1. The topological polar surface area (TPSA) is 50.9 Å². The molecule has 0 aromatic carbocycles. The first-order valence-corrected chi connectivity index (χ1v) is 5.75. The van der Waals surface area contributed by atoms with E-state index in [2.05, 4.69) is 31.2 Å². The van der Waals surface area contributed by atoms with Gasteiger partial charge in [-0.05, 0) is 18.3 Å². The highest BCUT2D eigenvalue weighted by Crippen LogP contribution is 2.28. The van der Waals surface area contributed by atoms with E-state index in [9.17, 15) is 0 Å². The summed E-state index contributed by atoms with van der Waals surface area (Å²) in [6, 6.07) is 0.252. The highest BCUT2D eigenvalue weighted by atomic mass is 32.1. The van der Waals surface area contributed by atoms with Gasteiger partial charge in [0, 0.05) is 11.1 Å². The van der Waals surface area contributed by atoms with Gasteiger partial charge in [0.1, 0.15) is 0 Å². The van der Waals surface area contributed by atoms with Crippen molar-refractivity contribution in [1.29, 1.82) is 0 Å². The maximum absolute atomic E-state index is 5.52. The second kappa shape index (κ2) is 4.87. The highest BCUT2D eigenvalue weighted by Gasteiger charge is 2.16. The van der Waals surface area contributed by atoms with Crippen LogP contribution in [0.2, 0.25) is 0 Å². The largest absolute Gasteiger partial charge is 0.271 e. The van der Waals surface area contributed by atoms with E-state index in [-0.39, 0.29) is 6.04 Å². The molecule has 1 unspecified atom stereocenters. The minimum atomic E-state index is 0.252. The lowest BCUT2D eigenvalue weighted by Crippen LogP contribution is -2.28. The Labute approximate surface area is 89.7 Å². The molecule has 1 rings (SSSR count). The molecule has 1 heterocycles. The fourth-order valence-electron chi connectivity index (χ4n) is 1.28. The SMILES string of the molecule is CC(C)(C)CCC(NN)c1cncs1. The van der Waals surface area contributed by atoms with Gasteiger partial charge in [-0.2, -0.15) is 0 Å². The summed E-state index contributed by atoms with van der Waals surface area (Å²) in [7, 11) is 0. The summed E-state index contributed by atoms with van der Waals surface area (Å²) in [5.41, 5.74) is 5.05. The van der Waals surface area contributed by atoms with Gasteiger partial charge < -0.3 is 0 Å². The summed E-state index contributed by atoms with van der Waals surface area (Å²) in [4.78, 5) is 5.28. The molecule has 4 heteroatoms. The third-order valence-corrected chi connectivity index (χ3v) is 3.07. The molecule has 1 atom stereocenters. The van der Waals surface area contributed by atoms with Crippen LogP contribution in [-0.4, -0.2) is 4.98 Å². The molecule has 80 valence electrons. The third kappa shape index (κ3) is 3.74. The van der Waals surface area contributed by atoms with Crippen molar-refractivity contribution in [2.24, 2.45) is 11.3 Å². The van der Waals surface area contributed by atoms with Gasteiger partial charge >= 0.3 is 0 Å². The van der Waals surface area contributed by atoms with Crippen LogP contribution >= 0.6 is 11.3 Å². The molecule has 1 aromatic rings. The first kappa shape index (κ1) is 11.6. The van der Waals surface area contributed by atoms with Gasteiger partial charge in [0.25, 0.3) is 0 Å². The highest BCUT2D eigenvalue weighted by molar-refractivity contribution is 7.09. The Morgan fingerprint density at radius 3 is 2.71 bits per heavy atom. The normalized spacial score (nSPS) is 14.3. The second-order valence-electron chi connectivity index (χ2n) is 4.72. The molecule has 0 bridgehead atoms. The molecule has 3 nitrogen and oxygen atoms in total. The summed E-state index contributed by atoms with van der Waals surface area (Å²) in [5, 5.41) is 0. The van der Waals surface area contributed by atoms with Crippen LogP contribution in [0, 0.1) is 5.41 Å². The van der Waals surface area contributed by atoms with E-state index >= 15 is 0 Å². The number of nitrogens with two attached hydrogens (primary N) is 1. The molecule has 0 amide bonds. The predicted octanol–water partition coefficient (Wildman–Crippen LogP) is 2.47. The molecule has 0 spiro atoms. The zero-order valence-electron chi connectivity index (χ0n) is 9.08. The predicted molar refractivity (Wildman–Crippen MR) is 60.9 cm³/mol. The van der Waals surface area contributed by atoms with E-state index in [1.165, 1.54) is 4.88 Å². The number of hydrogen-bond donors (Lipinski definition) is 2. The van der Waals surface area contributed by atoms with Crippen molar-refractivity contribution < 1.29 is 0 Å². The molecule has 14 heavy (non-hydrogen) atoms. The summed E-state index contributed by atoms with van der Waals surface area (Å²) in [6.07, 6.45) is 4.10. The van der Waals surface area contributed by atoms with E-state index in [0.717, 1.165) is 12.8 Å². The number of nitrogens with zero attached hydrogens (tertiary/aromatic N) is 1. The van der Waals surface area contributed by atoms with Crippen LogP contribution < -0.4 is 11.3 Å². The number of rotatable bonds is 4. The Balaban J connectivity index is 2.49. The van der Waals surface area contributed by atoms with Crippen LogP contribution in [-0.2, 0) is 0 Å². The lowest BCUT2D eigenvalue weighted by molar-refractivity contribution is 0.335. The number of nitrogens with one attached hydrogen (secondary N) is 1. The van der Waals surface area contributed by atoms with E-state index in [1.54, 1.807) is 11.3 Å². The van der Waals surface area contributed by atoms with Crippen LogP contribution in [0.1, 0.15) is 44.5 Å². The molecule has 0 fully saturated rings. The lowest BCUT2D eigenvalue weighted by Gasteiger charge is -2.21. The van der Waals surface area contributed by atoms with Crippen LogP contribution in [0.3, 0.4) is 0 Å². The van der Waals surface area contributed by atoms with E-state index in [0.29, 0.717) is 5.41 Å². The quantitative estimate of drug-likeness (QED) is 0.597. The molecule has 0 aliphatic rings. The Morgan fingerprint density at radius 1 is 1.57 bits per heavy atom. The van der Waals surface area contributed by atoms with Crippen molar-refractivity contribution in [3.8, 4) is 0 Å². The van der Waals surface area contributed by atoms with Crippen molar-refractivity contribution in [3.05, 3.63) is 16.6 Å². The standard InChI is InChI=1S/C10H19N3S/c1-10(2,3)5-4-8(13-11)9-6-12-7-14-9/h6-8,13H,4-5,11H2,1-3H3. The van der Waals surface area contributed by atoms with Crippen molar-refractivity contribution >= 4 is 11.3 Å². The molecule has 0 aliphatic heterocycles. The summed E-state index contributed by atoms with van der Waals surface area (Å²) in [6.45, 7) is 6.73. The van der Waals surface area contributed by atoms with Gasteiger partial charge in [-0.1, -0.05) is 20.8 Å². The number of hydrazine groups is 1. The minimum absolute atomic E-state index is 0.252. The smallest absolute Gasteiger partial charge is 0.0794 e. The van der Waals surface area contributed by atoms with E-state index < -0.39 is 0 Å². The number of thiazole rings is 1. The molecule has 1 aromatic heterocycles. The molecular weight excluding hydrogens is 194 g/mol. The molecular formula is C10H19N3S. The molecule has 0 radical (unpaired) electrons. The van der Waals surface area contributed by atoms with Crippen molar-refractivity contribution in [3.63, 3.8) is 0 Å². The van der Waals surface area contributed by atoms with Crippen LogP contribution in [0.25, 0.3) is 0 Å². The van der Waals surface area contributed by atoms with Crippen molar-refractivity contribution in [1.82, 2.24) is 10.4 Å². The summed E-state index contributed by atoms with van der Waals surface area (Å²) < 4.78 is 0. The Bertz CT molecular complexity index is 251. The van der Waals surface area contributed by atoms with Crippen LogP contribution in [0.4, 0.5) is 0 Å². The fraction of sp³-hybridized carbons (Fsp3) is 0.700. The Morgan fingerprint density at radius 2 is 2.29 bits per heavy atom. The maximum atomic E-state index is 5.52. The first-order valence-electron chi connectivity index (χ1n) is 4.87. The first-order chi connectivity index (χ1) is 6.53. The van der Waals surface area contributed by atoms with Crippen LogP contribution in [0.5, 0.6) is 0 Å². The Hall–Kier alpha value is -0.450. The summed E-state index contributed by atoms with van der Waals surface area (Å²) >= 11 is 1.65. The van der Waals surface area contributed by atoms with Crippen LogP contribution in [0.15, 0.2) is 11.7 Å². The molecule has 0 saturated heterocycles. The van der Waals surface area contributed by atoms with Gasteiger partial charge in [-0.25, -0.2) is 0 Å². The molecule has 0 aliphatic carbocycles. The number of hydrogen-bond acceptors (Lipinski definition) is 4. The van der Waals surface area contributed by atoms with Gasteiger partial charge in [-0.3, -0.25) is 16.3 Å². The van der Waals surface area contributed by atoms with Gasteiger partial charge in [0.2, 0.25) is 0 Å². The summed E-state index contributed by atoms with van der Waals surface area (Å²) in [5.74, 6) is 5.52. The molecule has 0 saturated carbocycles. The third-order valence-electron chi connectivity index (χ3n) is 2.18. The van der Waals surface area contributed by atoms with Gasteiger partial charge in [0.05, 0.1) is 11.6 Å². The lowest BCUT2D eigenvalue weighted by atomic mass is 9.88. The average Bonchev–Trinajstić information content (AvgIpc) is 2.56. The van der Waals surface area contributed by atoms with Gasteiger partial charge in [-0.15, -0.1) is 11.3 Å². The second-order valence-corrected chi connectivity index (χ2v) is 5.64. The van der Waals surface area contributed by atoms with E-state index in [4.69, 9.17) is 5.84 Å². The minimum Gasteiger partial charge on any atom is -0.271 e. The monoisotopic (exact) mass is 213 g/mol. The van der Waals surface area contributed by atoms with Crippen molar-refractivity contribution in [2.45, 2.75) is 39.7 Å². The van der Waals surface area contributed by atoms with Crippen molar-refractivity contribution in [2.75, 3.05) is 0 Å². The maximum Gasteiger partial charge on any atom is 0.0794 e. The zero-order valence-corrected chi connectivity index (χ0v) is 9.90.